The van der Waals surface area contributed by atoms with Gasteiger partial charge in [-0.25, -0.2) is 13.2 Å². The maximum atomic E-state index is 14.5. The molecule has 0 spiro atoms. The minimum Gasteiger partial charge on any atom is -0.206 e. The zero-order valence-corrected chi connectivity index (χ0v) is 16.7. The highest BCUT2D eigenvalue weighted by Gasteiger charge is 2.24. The van der Waals surface area contributed by atoms with Crippen LogP contribution in [0, 0.1) is 29.3 Å². The fourth-order valence-electron chi connectivity index (χ4n) is 2.97. The van der Waals surface area contributed by atoms with Crippen LogP contribution < -0.4 is 0 Å². The molecule has 0 nitrogen and oxygen atoms in total. The molecule has 0 unspecified atom stereocenters. The highest BCUT2D eigenvalue weighted by molar-refractivity contribution is 7.98. The van der Waals surface area contributed by atoms with Crippen molar-refractivity contribution in [2.45, 2.75) is 36.6 Å². The summed E-state index contributed by atoms with van der Waals surface area (Å²) < 4.78 is 79.9. The summed E-state index contributed by atoms with van der Waals surface area (Å²) in [6, 6.07) is 11.3. The van der Waals surface area contributed by atoms with Crippen LogP contribution in [0.1, 0.15) is 30.0 Å². The molecule has 7 heteroatoms. The largest absolute Gasteiger partial charge is 0.458 e. The molecule has 3 aromatic carbocycles. The lowest BCUT2D eigenvalue weighted by atomic mass is 10.0. The summed E-state index contributed by atoms with van der Waals surface area (Å²) in [5.41, 5.74) is 1.13. The van der Waals surface area contributed by atoms with Gasteiger partial charge < -0.3 is 0 Å². The van der Waals surface area contributed by atoms with Crippen LogP contribution >= 0.6 is 11.8 Å². The van der Waals surface area contributed by atoms with Gasteiger partial charge in [-0.15, -0.1) is 11.8 Å². The molecular formula is C23H16F6S. The van der Waals surface area contributed by atoms with Crippen LogP contribution in [0.5, 0.6) is 0 Å². The van der Waals surface area contributed by atoms with Gasteiger partial charge in [-0.05, 0) is 41.1 Å². The number of aryl methyl sites for hydroxylation is 1. The second kappa shape index (κ2) is 9.05. The molecule has 156 valence electrons. The highest BCUT2D eigenvalue weighted by Crippen LogP contribution is 2.32. The standard InChI is InChI=1S/C23H16F6S/c1-2-3-14-4-6-15(7-5-14)13-30-17-10-16-11-19(24)18(8-9-23(27,28)29)22(26)21(16)20(25)12-17/h4-7,10-12H,2-3,13H2,1H3. The van der Waals surface area contributed by atoms with Gasteiger partial charge in [-0.3, -0.25) is 0 Å². The van der Waals surface area contributed by atoms with Gasteiger partial charge in [0.2, 0.25) is 0 Å². The number of benzene rings is 3. The van der Waals surface area contributed by atoms with Gasteiger partial charge in [0.15, 0.2) is 5.82 Å². The van der Waals surface area contributed by atoms with Gasteiger partial charge in [0, 0.05) is 16.6 Å². The number of halogens is 6. The molecule has 0 heterocycles. The summed E-state index contributed by atoms with van der Waals surface area (Å²) in [6.45, 7) is 2.09. The molecule has 0 fully saturated rings. The van der Waals surface area contributed by atoms with E-state index in [0.29, 0.717) is 10.6 Å². The Morgan fingerprint density at radius 2 is 1.57 bits per heavy atom. The lowest BCUT2D eigenvalue weighted by Gasteiger charge is -2.09. The Morgan fingerprint density at radius 1 is 0.900 bits per heavy atom. The molecule has 0 bridgehead atoms. The van der Waals surface area contributed by atoms with E-state index in [0.717, 1.165) is 36.5 Å². The summed E-state index contributed by atoms with van der Waals surface area (Å²) in [6.07, 6.45) is -2.89. The Morgan fingerprint density at radius 3 is 2.20 bits per heavy atom. The average molecular weight is 438 g/mol. The van der Waals surface area contributed by atoms with E-state index in [1.165, 1.54) is 29.3 Å². The molecule has 0 radical (unpaired) electrons. The SMILES string of the molecule is CCCc1ccc(CSc2cc(F)c3c(F)c(C#CC(F)(F)F)c(F)cc3c2)cc1. The Balaban J connectivity index is 1.89. The monoisotopic (exact) mass is 438 g/mol. The van der Waals surface area contributed by atoms with E-state index < -0.39 is 34.6 Å². The third-order valence-corrected chi connectivity index (χ3v) is 5.40. The summed E-state index contributed by atoms with van der Waals surface area (Å²) in [7, 11) is 0. The first-order valence-corrected chi connectivity index (χ1v) is 10.1. The third kappa shape index (κ3) is 5.31. The number of fused-ring (bicyclic) bond motifs is 1. The van der Waals surface area contributed by atoms with Crippen molar-refractivity contribution in [1.29, 1.82) is 0 Å². The van der Waals surface area contributed by atoms with Gasteiger partial charge in [0.1, 0.15) is 11.6 Å². The number of hydrogen-bond donors (Lipinski definition) is 0. The number of thioether (sulfide) groups is 1. The van der Waals surface area contributed by atoms with Gasteiger partial charge in [0.25, 0.3) is 0 Å². The molecular weight excluding hydrogens is 422 g/mol. The number of alkyl halides is 3. The van der Waals surface area contributed by atoms with E-state index in [1.54, 1.807) is 0 Å². The fourth-order valence-corrected chi connectivity index (χ4v) is 3.90. The van der Waals surface area contributed by atoms with E-state index in [2.05, 4.69) is 6.92 Å². The van der Waals surface area contributed by atoms with Crippen molar-refractivity contribution in [2.75, 3.05) is 0 Å². The molecule has 3 aromatic rings. The van der Waals surface area contributed by atoms with E-state index >= 15 is 0 Å². The maximum Gasteiger partial charge on any atom is 0.458 e. The zero-order valence-electron chi connectivity index (χ0n) is 15.8. The third-order valence-electron chi connectivity index (χ3n) is 4.35. The maximum absolute atomic E-state index is 14.5. The molecule has 0 atom stereocenters. The smallest absolute Gasteiger partial charge is 0.206 e. The van der Waals surface area contributed by atoms with Crippen molar-refractivity contribution < 1.29 is 26.3 Å². The Kier molecular flexibility index (Phi) is 6.67. The lowest BCUT2D eigenvalue weighted by Crippen LogP contribution is -2.03. The Hall–Kier alpha value is -2.59. The lowest BCUT2D eigenvalue weighted by molar-refractivity contribution is -0.0696. The first-order chi connectivity index (χ1) is 14.2. The fraction of sp³-hybridized carbons (Fsp3) is 0.217. The van der Waals surface area contributed by atoms with Gasteiger partial charge >= 0.3 is 6.18 Å². The van der Waals surface area contributed by atoms with Gasteiger partial charge in [0.05, 0.1) is 10.9 Å². The molecule has 30 heavy (non-hydrogen) atoms. The van der Waals surface area contributed by atoms with Gasteiger partial charge in [-0.2, -0.15) is 13.2 Å². The number of hydrogen-bond acceptors (Lipinski definition) is 1. The Bertz CT molecular complexity index is 1120. The van der Waals surface area contributed by atoms with Crippen molar-refractivity contribution >= 4 is 22.5 Å². The van der Waals surface area contributed by atoms with Crippen LogP contribution in [-0.2, 0) is 12.2 Å². The van der Waals surface area contributed by atoms with Crippen molar-refractivity contribution in [2.24, 2.45) is 0 Å². The highest BCUT2D eigenvalue weighted by atomic mass is 32.2. The summed E-state index contributed by atoms with van der Waals surface area (Å²) in [4.78, 5) is 0.450. The second-order valence-corrected chi connectivity index (χ2v) is 7.70. The molecule has 3 rings (SSSR count). The first kappa shape index (κ1) is 22.1. The summed E-state index contributed by atoms with van der Waals surface area (Å²) >= 11 is 1.29. The van der Waals surface area contributed by atoms with Gasteiger partial charge in [-0.1, -0.05) is 43.5 Å². The van der Waals surface area contributed by atoms with E-state index in [1.807, 2.05) is 24.3 Å². The zero-order chi connectivity index (χ0) is 21.9. The molecule has 0 aliphatic carbocycles. The first-order valence-electron chi connectivity index (χ1n) is 9.09. The Labute approximate surface area is 174 Å². The minimum absolute atomic E-state index is 0.0802. The molecule has 0 aliphatic rings. The molecule has 0 saturated heterocycles. The average Bonchev–Trinajstić information content (AvgIpc) is 2.66. The van der Waals surface area contributed by atoms with E-state index in [4.69, 9.17) is 0 Å². The second-order valence-electron chi connectivity index (χ2n) is 6.65. The molecule has 0 aromatic heterocycles. The molecule has 0 N–H and O–H groups in total. The predicted octanol–water partition coefficient (Wildman–Crippen LogP) is 7.42. The summed E-state index contributed by atoms with van der Waals surface area (Å²) in [5, 5.41) is -0.667. The topological polar surface area (TPSA) is 0 Å². The van der Waals surface area contributed by atoms with Crippen molar-refractivity contribution in [3.05, 3.63) is 76.6 Å². The molecule has 0 amide bonds. The normalized spacial score (nSPS) is 11.4. The van der Waals surface area contributed by atoms with Crippen molar-refractivity contribution in [3.8, 4) is 11.8 Å². The molecule has 0 saturated carbocycles. The van der Waals surface area contributed by atoms with Crippen molar-refractivity contribution in [1.82, 2.24) is 0 Å². The quantitative estimate of drug-likeness (QED) is 0.227. The van der Waals surface area contributed by atoms with Crippen LogP contribution in [0.3, 0.4) is 0 Å². The van der Waals surface area contributed by atoms with Crippen LogP contribution in [0.15, 0.2) is 47.4 Å². The van der Waals surface area contributed by atoms with E-state index in [9.17, 15) is 26.3 Å². The van der Waals surface area contributed by atoms with Crippen LogP contribution in [0.2, 0.25) is 0 Å². The van der Waals surface area contributed by atoms with Crippen LogP contribution in [-0.4, -0.2) is 6.18 Å². The summed E-state index contributed by atoms with van der Waals surface area (Å²) in [5.74, 6) is -0.948. The number of rotatable bonds is 5. The van der Waals surface area contributed by atoms with Crippen molar-refractivity contribution in [3.63, 3.8) is 0 Å². The van der Waals surface area contributed by atoms with E-state index in [-0.39, 0.29) is 5.39 Å². The predicted molar refractivity (Wildman–Crippen MR) is 107 cm³/mol. The van der Waals surface area contributed by atoms with Crippen LogP contribution in [0.4, 0.5) is 26.3 Å². The minimum atomic E-state index is -4.92. The molecule has 0 aliphatic heterocycles. The van der Waals surface area contributed by atoms with Crippen LogP contribution in [0.25, 0.3) is 10.8 Å².